The van der Waals surface area contributed by atoms with Crippen molar-refractivity contribution in [3.05, 3.63) is 29.3 Å². The van der Waals surface area contributed by atoms with Crippen LogP contribution in [0.3, 0.4) is 0 Å². The summed E-state index contributed by atoms with van der Waals surface area (Å²) in [7, 11) is 1.40. The van der Waals surface area contributed by atoms with Gasteiger partial charge in [-0.3, -0.25) is 4.79 Å². The van der Waals surface area contributed by atoms with Crippen LogP contribution in [0.1, 0.15) is 34.6 Å². The molecule has 18 heavy (non-hydrogen) atoms. The first kappa shape index (κ1) is 14.6. The maximum Gasteiger partial charge on any atom is 0.339 e. The summed E-state index contributed by atoms with van der Waals surface area (Å²) < 4.78 is 4.94. The Morgan fingerprint density at radius 3 is 2.56 bits per heavy atom. The van der Waals surface area contributed by atoms with Gasteiger partial charge < -0.3 is 9.84 Å². The Morgan fingerprint density at radius 2 is 2.06 bits per heavy atom. The quantitative estimate of drug-likeness (QED) is 0.804. The molecular weight excluding hydrogens is 252 g/mol. The lowest BCUT2D eigenvalue weighted by Gasteiger charge is -2.08. The number of methoxy groups -OCH3 is 1. The minimum atomic E-state index is -1.10. The van der Waals surface area contributed by atoms with Gasteiger partial charge in [-0.15, -0.1) is 0 Å². The molecule has 4 nitrogen and oxygen atoms in total. The van der Waals surface area contributed by atoms with Gasteiger partial charge in [0.1, 0.15) is 11.3 Å². The molecule has 0 aromatic heterocycles. The first-order valence-electron chi connectivity index (χ1n) is 5.51. The van der Waals surface area contributed by atoms with Crippen molar-refractivity contribution in [3.8, 4) is 5.75 Å². The Hall–Kier alpha value is -1.49. The lowest BCUT2D eigenvalue weighted by molar-refractivity contribution is 0.0693. The molecule has 0 saturated heterocycles. The van der Waals surface area contributed by atoms with E-state index < -0.39 is 5.97 Å². The van der Waals surface area contributed by atoms with E-state index in [1.807, 2.05) is 13.8 Å². The standard InChI is InChI=1S/C13H16O4S/c1-8(2)18-7-11(14)9-4-5-12(17-3)10(6-9)13(15)16/h4-6,8H,7H2,1-3H3,(H,15,16). The molecule has 1 aromatic rings. The first-order chi connectivity index (χ1) is 8.45. The van der Waals surface area contributed by atoms with Crippen molar-refractivity contribution in [2.75, 3.05) is 12.9 Å². The minimum absolute atomic E-state index is 0.0119. The average molecular weight is 268 g/mol. The van der Waals surface area contributed by atoms with Crippen LogP contribution in [0.4, 0.5) is 0 Å². The molecule has 1 aromatic carbocycles. The number of aromatic carboxylic acids is 1. The Bertz CT molecular complexity index is 454. The number of carbonyl (C=O) groups is 2. The number of Topliss-reactive ketones (excluding diaryl/α,β-unsaturated/α-hetero) is 1. The largest absolute Gasteiger partial charge is 0.496 e. The van der Waals surface area contributed by atoms with Crippen LogP contribution in [0.25, 0.3) is 0 Å². The maximum atomic E-state index is 11.9. The molecule has 0 amide bonds. The zero-order valence-corrected chi connectivity index (χ0v) is 11.4. The molecule has 1 N–H and O–H groups in total. The monoisotopic (exact) mass is 268 g/mol. The van der Waals surface area contributed by atoms with Crippen LogP contribution in [0.5, 0.6) is 5.75 Å². The lowest BCUT2D eigenvalue weighted by Crippen LogP contribution is -2.08. The fourth-order valence-electron chi connectivity index (χ4n) is 1.37. The minimum Gasteiger partial charge on any atom is -0.496 e. The number of ketones is 1. The zero-order chi connectivity index (χ0) is 13.7. The topological polar surface area (TPSA) is 63.6 Å². The second kappa shape index (κ2) is 6.44. The summed E-state index contributed by atoms with van der Waals surface area (Å²) in [6.45, 7) is 4.02. The van der Waals surface area contributed by atoms with E-state index in [9.17, 15) is 9.59 Å². The van der Waals surface area contributed by atoms with Gasteiger partial charge in [0.2, 0.25) is 0 Å². The highest BCUT2D eigenvalue weighted by molar-refractivity contribution is 8.00. The SMILES string of the molecule is COc1ccc(C(=O)CSC(C)C)cc1C(=O)O. The van der Waals surface area contributed by atoms with Crippen LogP contribution >= 0.6 is 11.8 Å². The lowest BCUT2D eigenvalue weighted by atomic mass is 10.1. The summed E-state index contributed by atoms with van der Waals surface area (Å²) >= 11 is 1.53. The fourth-order valence-corrected chi connectivity index (χ4v) is 2.03. The molecule has 98 valence electrons. The summed E-state index contributed by atoms with van der Waals surface area (Å²) in [5, 5.41) is 9.39. The number of rotatable bonds is 6. The molecule has 0 aliphatic heterocycles. The predicted octanol–water partition coefficient (Wildman–Crippen LogP) is 2.72. The molecule has 0 aliphatic rings. The van der Waals surface area contributed by atoms with Crippen molar-refractivity contribution in [1.29, 1.82) is 0 Å². The maximum absolute atomic E-state index is 11.9. The Balaban J connectivity index is 2.94. The van der Waals surface area contributed by atoms with Crippen LogP contribution in [-0.2, 0) is 0 Å². The molecule has 0 heterocycles. The predicted molar refractivity (Wildman–Crippen MR) is 71.9 cm³/mol. The molecule has 0 unspecified atom stereocenters. The highest BCUT2D eigenvalue weighted by atomic mass is 32.2. The van der Waals surface area contributed by atoms with Gasteiger partial charge in [-0.1, -0.05) is 13.8 Å². The number of carboxylic acids is 1. The molecule has 0 radical (unpaired) electrons. The van der Waals surface area contributed by atoms with E-state index in [1.165, 1.54) is 31.0 Å². The molecule has 0 bridgehead atoms. The highest BCUT2D eigenvalue weighted by Gasteiger charge is 2.15. The number of carboxylic acid groups (broad SMARTS) is 1. The third-order valence-corrected chi connectivity index (χ3v) is 3.40. The summed E-state index contributed by atoms with van der Waals surface area (Å²) in [5.74, 6) is -0.560. The van der Waals surface area contributed by atoms with Gasteiger partial charge in [-0.25, -0.2) is 4.79 Å². The Labute approximate surface area is 110 Å². The summed E-state index contributed by atoms with van der Waals surface area (Å²) in [5.41, 5.74) is 0.416. The number of carbonyl (C=O) groups excluding carboxylic acids is 1. The van der Waals surface area contributed by atoms with E-state index in [-0.39, 0.29) is 17.1 Å². The van der Waals surface area contributed by atoms with E-state index in [2.05, 4.69) is 0 Å². The Morgan fingerprint density at radius 1 is 1.39 bits per heavy atom. The summed E-state index contributed by atoms with van der Waals surface area (Å²) in [6.07, 6.45) is 0. The van der Waals surface area contributed by atoms with Gasteiger partial charge in [0, 0.05) is 5.56 Å². The molecule has 5 heteroatoms. The zero-order valence-electron chi connectivity index (χ0n) is 10.6. The van der Waals surface area contributed by atoms with E-state index in [0.29, 0.717) is 16.6 Å². The number of hydrogen-bond donors (Lipinski definition) is 1. The second-order valence-corrected chi connectivity index (χ2v) is 5.57. The average Bonchev–Trinajstić information content (AvgIpc) is 2.34. The number of ether oxygens (including phenoxy) is 1. The van der Waals surface area contributed by atoms with Gasteiger partial charge in [0.05, 0.1) is 12.9 Å². The molecule has 0 fully saturated rings. The van der Waals surface area contributed by atoms with Crippen molar-refractivity contribution >= 4 is 23.5 Å². The second-order valence-electron chi connectivity index (χ2n) is 4.00. The molecule has 0 spiro atoms. The molecule has 0 atom stereocenters. The highest BCUT2D eigenvalue weighted by Crippen LogP contribution is 2.21. The third kappa shape index (κ3) is 3.77. The first-order valence-corrected chi connectivity index (χ1v) is 6.56. The van der Waals surface area contributed by atoms with Crippen LogP contribution in [0.2, 0.25) is 0 Å². The van der Waals surface area contributed by atoms with Crippen LogP contribution < -0.4 is 4.74 Å². The molecule has 1 rings (SSSR count). The summed E-state index contributed by atoms with van der Waals surface area (Å²) in [4.78, 5) is 22.9. The summed E-state index contributed by atoms with van der Waals surface area (Å²) in [6, 6.07) is 4.47. The smallest absolute Gasteiger partial charge is 0.339 e. The molecular formula is C13H16O4S. The van der Waals surface area contributed by atoms with Crippen molar-refractivity contribution in [2.45, 2.75) is 19.1 Å². The van der Waals surface area contributed by atoms with Gasteiger partial charge in [0.25, 0.3) is 0 Å². The van der Waals surface area contributed by atoms with Crippen LogP contribution in [-0.4, -0.2) is 35.0 Å². The van der Waals surface area contributed by atoms with E-state index in [0.717, 1.165) is 0 Å². The van der Waals surface area contributed by atoms with Crippen LogP contribution in [0, 0.1) is 0 Å². The number of thioether (sulfide) groups is 1. The van der Waals surface area contributed by atoms with Crippen molar-refractivity contribution in [3.63, 3.8) is 0 Å². The third-order valence-electron chi connectivity index (χ3n) is 2.30. The Kier molecular flexibility index (Phi) is 5.22. The molecule has 0 aliphatic carbocycles. The van der Waals surface area contributed by atoms with Crippen molar-refractivity contribution in [2.24, 2.45) is 0 Å². The van der Waals surface area contributed by atoms with Gasteiger partial charge in [-0.2, -0.15) is 11.8 Å². The fraction of sp³-hybridized carbons (Fsp3) is 0.385. The number of benzene rings is 1. The normalized spacial score (nSPS) is 10.4. The van der Waals surface area contributed by atoms with Crippen molar-refractivity contribution < 1.29 is 19.4 Å². The van der Waals surface area contributed by atoms with Crippen molar-refractivity contribution in [1.82, 2.24) is 0 Å². The van der Waals surface area contributed by atoms with Gasteiger partial charge in [-0.05, 0) is 23.4 Å². The van der Waals surface area contributed by atoms with Gasteiger partial charge >= 0.3 is 5.97 Å². The molecule has 0 saturated carbocycles. The number of hydrogen-bond acceptors (Lipinski definition) is 4. The van der Waals surface area contributed by atoms with Crippen LogP contribution in [0.15, 0.2) is 18.2 Å². The van der Waals surface area contributed by atoms with E-state index in [1.54, 1.807) is 6.07 Å². The van der Waals surface area contributed by atoms with Gasteiger partial charge in [0.15, 0.2) is 5.78 Å². The van der Waals surface area contributed by atoms with E-state index >= 15 is 0 Å². The van der Waals surface area contributed by atoms with E-state index in [4.69, 9.17) is 9.84 Å².